The van der Waals surface area contributed by atoms with Gasteiger partial charge in [-0.3, -0.25) is 4.84 Å². The van der Waals surface area contributed by atoms with E-state index in [2.05, 4.69) is 36.4 Å². The first-order valence-corrected chi connectivity index (χ1v) is 12.1. The van der Waals surface area contributed by atoms with Gasteiger partial charge in [0.15, 0.2) is 0 Å². The van der Waals surface area contributed by atoms with Gasteiger partial charge < -0.3 is 14.2 Å². The SMILES string of the molecule is CN1OC[C@H]2C(OCc3ccccc3)C(OCc3ccccc3)C(OCc3ccccc3)C[C@@H]21. The lowest BCUT2D eigenvalue weighted by atomic mass is 9.79. The van der Waals surface area contributed by atoms with E-state index < -0.39 is 0 Å². The Morgan fingerprint density at radius 1 is 0.676 bits per heavy atom. The second-order valence-corrected chi connectivity index (χ2v) is 9.17. The van der Waals surface area contributed by atoms with Crippen LogP contribution in [0.2, 0.25) is 0 Å². The quantitative estimate of drug-likeness (QED) is 0.450. The summed E-state index contributed by atoms with van der Waals surface area (Å²) < 4.78 is 19.7. The molecule has 2 aliphatic rings. The maximum atomic E-state index is 6.60. The molecule has 0 amide bonds. The monoisotopic (exact) mass is 459 g/mol. The Morgan fingerprint density at radius 3 is 1.68 bits per heavy atom. The zero-order valence-corrected chi connectivity index (χ0v) is 19.7. The van der Waals surface area contributed by atoms with Gasteiger partial charge in [0.2, 0.25) is 0 Å². The number of nitrogens with zero attached hydrogens (tertiary/aromatic N) is 1. The highest BCUT2D eigenvalue weighted by Gasteiger charge is 2.51. The minimum atomic E-state index is -0.191. The van der Waals surface area contributed by atoms with Gasteiger partial charge in [-0.25, -0.2) is 0 Å². The van der Waals surface area contributed by atoms with Crippen LogP contribution in [-0.2, 0) is 38.9 Å². The van der Waals surface area contributed by atoms with Crippen molar-refractivity contribution in [1.29, 1.82) is 0 Å². The van der Waals surface area contributed by atoms with E-state index in [-0.39, 0.29) is 30.3 Å². The predicted octanol–water partition coefficient (Wildman–Crippen LogP) is 5.01. The van der Waals surface area contributed by atoms with Crippen molar-refractivity contribution in [2.45, 2.75) is 50.6 Å². The molecular formula is C29H33NO4. The van der Waals surface area contributed by atoms with Crippen LogP contribution in [0.1, 0.15) is 23.1 Å². The highest BCUT2D eigenvalue weighted by molar-refractivity contribution is 5.16. The van der Waals surface area contributed by atoms with Crippen molar-refractivity contribution < 1.29 is 19.0 Å². The highest BCUT2D eigenvalue weighted by Crippen LogP contribution is 2.39. The fraction of sp³-hybridized carbons (Fsp3) is 0.379. The van der Waals surface area contributed by atoms with Crippen LogP contribution in [0.3, 0.4) is 0 Å². The maximum absolute atomic E-state index is 6.60. The largest absolute Gasteiger partial charge is 0.371 e. The summed E-state index contributed by atoms with van der Waals surface area (Å²) in [5, 5.41) is 1.98. The lowest BCUT2D eigenvalue weighted by molar-refractivity contribution is -0.196. The third kappa shape index (κ3) is 5.57. The number of ether oxygens (including phenoxy) is 3. The summed E-state index contributed by atoms with van der Waals surface area (Å²) in [7, 11) is 2.01. The number of hydrogen-bond donors (Lipinski definition) is 0. The summed E-state index contributed by atoms with van der Waals surface area (Å²) >= 11 is 0. The van der Waals surface area contributed by atoms with Crippen LogP contribution in [0, 0.1) is 5.92 Å². The molecule has 5 nitrogen and oxygen atoms in total. The highest BCUT2D eigenvalue weighted by atomic mass is 16.7. The van der Waals surface area contributed by atoms with Crippen molar-refractivity contribution >= 4 is 0 Å². The molecule has 1 aliphatic carbocycles. The van der Waals surface area contributed by atoms with Gasteiger partial charge in [-0.1, -0.05) is 91.0 Å². The summed E-state index contributed by atoms with van der Waals surface area (Å²) in [5.74, 6) is 0.228. The van der Waals surface area contributed by atoms with Gasteiger partial charge in [-0.2, -0.15) is 5.06 Å². The van der Waals surface area contributed by atoms with E-state index in [9.17, 15) is 0 Å². The molecule has 0 aromatic heterocycles. The summed E-state index contributed by atoms with van der Waals surface area (Å²) in [5.41, 5.74) is 3.46. The van der Waals surface area contributed by atoms with Crippen LogP contribution in [0.4, 0.5) is 0 Å². The van der Waals surface area contributed by atoms with Gasteiger partial charge in [0.25, 0.3) is 0 Å². The Hall–Kier alpha value is -2.54. The summed E-state index contributed by atoms with van der Waals surface area (Å²) in [6.45, 7) is 2.24. The van der Waals surface area contributed by atoms with Crippen molar-refractivity contribution in [3.63, 3.8) is 0 Å². The number of rotatable bonds is 9. The Labute approximate surface area is 202 Å². The fourth-order valence-electron chi connectivity index (χ4n) is 5.04. The van der Waals surface area contributed by atoms with Crippen LogP contribution >= 0.6 is 0 Å². The van der Waals surface area contributed by atoms with Gasteiger partial charge in [0.1, 0.15) is 6.10 Å². The number of hydroxylamine groups is 2. The van der Waals surface area contributed by atoms with Crippen LogP contribution < -0.4 is 0 Å². The third-order valence-corrected chi connectivity index (χ3v) is 6.90. The zero-order valence-electron chi connectivity index (χ0n) is 19.7. The molecule has 5 atom stereocenters. The van der Waals surface area contributed by atoms with Crippen LogP contribution in [0.15, 0.2) is 91.0 Å². The molecule has 178 valence electrons. The van der Waals surface area contributed by atoms with Gasteiger partial charge in [-0.15, -0.1) is 0 Å². The first-order chi connectivity index (χ1) is 16.8. The minimum Gasteiger partial charge on any atom is -0.371 e. The lowest BCUT2D eigenvalue weighted by Crippen LogP contribution is -2.56. The van der Waals surface area contributed by atoms with Crippen molar-refractivity contribution in [3.8, 4) is 0 Å². The molecule has 1 aliphatic heterocycles. The lowest BCUT2D eigenvalue weighted by Gasteiger charge is -2.44. The predicted molar refractivity (Wildman–Crippen MR) is 131 cm³/mol. The van der Waals surface area contributed by atoms with Gasteiger partial charge in [0, 0.05) is 19.0 Å². The molecule has 0 N–H and O–H groups in total. The van der Waals surface area contributed by atoms with Crippen molar-refractivity contribution in [1.82, 2.24) is 5.06 Å². The maximum Gasteiger partial charge on any atom is 0.111 e. The minimum absolute atomic E-state index is 0.102. The molecule has 1 heterocycles. The van der Waals surface area contributed by atoms with E-state index in [4.69, 9.17) is 19.0 Å². The molecule has 0 spiro atoms. The molecule has 3 aromatic carbocycles. The van der Waals surface area contributed by atoms with Gasteiger partial charge >= 0.3 is 0 Å². The smallest absolute Gasteiger partial charge is 0.111 e. The second kappa shape index (κ2) is 11.3. The third-order valence-electron chi connectivity index (χ3n) is 6.90. The molecular weight excluding hydrogens is 426 g/mol. The van der Waals surface area contributed by atoms with Crippen LogP contribution in [0.5, 0.6) is 0 Å². The van der Waals surface area contributed by atoms with Crippen LogP contribution in [-0.4, -0.2) is 43.1 Å². The zero-order chi connectivity index (χ0) is 23.2. The molecule has 0 radical (unpaired) electrons. The number of hydrogen-bond acceptors (Lipinski definition) is 5. The summed E-state index contributed by atoms with van der Waals surface area (Å²) in [6.07, 6.45) is 0.422. The molecule has 5 rings (SSSR count). The average Bonchev–Trinajstić information content (AvgIpc) is 3.27. The normalized spacial score (nSPS) is 26.9. The van der Waals surface area contributed by atoms with E-state index in [1.54, 1.807) is 0 Å². The Balaban J connectivity index is 1.37. The molecule has 3 aromatic rings. The molecule has 2 fully saturated rings. The van der Waals surface area contributed by atoms with E-state index in [0.29, 0.717) is 26.4 Å². The Bertz CT molecular complexity index is 1000. The van der Waals surface area contributed by atoms with Crippen molar-refractivity contribution in [3.05, 3.63) is 108 Å². The van der Waals surface area contributed by atoms with Gasteiger partial charge in [0.05, 0.1) is 38.6 Å². The number of benzene rings is 3. The summed E-state index contributed by atoms with van der Waals surface area (Å²) in [4.78, 5) is 5.95. The molecule has 1 saturated heterocycles. The molecule has 0 bridgehead atoms. The topological polar surface area (TPSA) is 40.2 Å². The van der Waals surface area contributed by atoms with E-state index in [0.717, 1.165) is 23.1 Å². The van der Waals surface area contributed by atoms with E-state index >= 15 is 0 Å². The molecule has 34 heavy (non-hydrogen) atoms. The van der Waals surface area contributed by atoms with Crippen LogP contribution in [0.25, 0.3) is 0 Å². The Kier molecular flexibility index (Phi) is 7.69. The van der Waals surface area contributed by atoms with Crippen molar-refractivity contribution in [2.75, 3.05) is 13.7 Å². The number of fused-ring (bicyclic) bond motifs is 1. The Morgan fingerprint density at radius 2 is 1.15 bits per heavy atom. The first-order valence-electron chi connectivity index (χ1n) is 12.1. The second-order valence-electron chi connectivity index (χ2n) is 9.17. The molecule has 1 saturated carbocycles. The van der Waals surface area contributed by atoms with E-state index in [1.807, 2.05) is 66.7 Å². The fourth-order valence-corrected chi connectivity index (χ4v) is 5.04. The van der Waals surface area contributed by atoms with E-state index in [1.165, 1.54) is 0 Å². The van der Waals surface area contributed by atoms with Gasteiger partial charge in [-0.05, 0) is 23.1 Å². The average molecular weight is 460 g/mol. The standard InChI is InChI=1S/C29H33NO4/c1-30-26-17-27(31-18-22-11-5-2-6-12-22)29(33-20-24-15-9-4-10-16-24)28(25(26)21-34-30)32-19-23-13-7-3-8-14-23/h2-16,25-29H,17-21H2,1H3/t25-,26+,27?,28?,29?/m1/s1. The summed E-state index contributed by atoms with van der Waals surface area (Å²) in [6, 6.07) is 31.2. The van der Waals surface area contributed by atoms with Crippen molar-refractivity contribution in [2.24, 2.45) is 5.92 Å². The molecule has 5 heteroatoms. The first kappa shape index (κ1) is 23.2. The molecule has 3 unspecified atom stereocenters.